The van der Waals surface area contributed by atoms with Gasteiger partial charge in [0.1, 0.15) is 0 Å². The van der Waals surface area contributed by atoms with E-state index >= 15 is 0 Å². The maximum atomic E-state index is 6.25. The molecule has 21 heavy (non-hydrogen) atoms. The van der Waals surface area contributed by atoms with Crippen LogP contribution in [0, 0.1) is 17.8 Å². The zero-order valence-electron chi connectivity index (χ0n) is 13.9. The molecule has 1 aromatic rings. The van der Waals surface area contributed by atoms with Crippen molar-refractivity contribution in [1.82, 2.24) is 0 Å². The Bertz CT molecular complexity index is 404. The first-order valence-electron chi connectivity index (χ1n) is 8.19. The lowest BCUT2D eigenvalue weighted by atomic mass is 9.75. The second-order valence-corrected chi connectivity index (χ2v) is 6.73. The van der Waals surface area contributed by atoms with Crippen LogP contribution in [0.1, 0.15) is 52.5 Å². The van der Waals surface area contributed by atoms with Gasteiger partial charge in [0.25, 0.3) is 6.73 Å². The van der Waals surface area contributed by atoms with Gasteiger partial charge in [-0.15, -0.1) is 0 Å². The molecule has 3 heteroatoms. The van der Waals surface area contributed by atoms with Crippen LogP contribution in [0.5, 0.6) is 0 Å². The minimum absolute atomic E-state index is 0. The van der Waals surface area contributed by atoms with E-state index in [1.165, 1.54) is 24.8 Å². The molecule has 1 aliphatic carbocycles. The van der Waals surface area contributed by atoms with E-state index in [0.29, 0.717) is 12.8 Å². The van der Waals surface area contributed by atoms with Gasteiger partial charge >= 0.3 is 0 Å². The molecule has 0 bridgehead atoms. The van der Waals surface area contributed by atoms with Crippen LogP contribution >= 0.6 is 0 Å². The maximum absolute atomic E-state index is 6.25. The third-order valence-electron chi connectivity index (χ3n) is 4.77. The lowest BCUT2D eigenvalue weighted by Gasteiger charge is -2.36. The van der Waals surface area contributed by atoms with Gasteiger partial charge in [0.05, 0.1) is 6.10 Å². The molecule has 0 amide bonds. The monoisotopic (exact) mass is 311 g/mol. The summed E-state index contributed by atoms with van der Waals surface area (Å²) in [5.41, 5.74) is 1.38. The fourth-order valence-corrected chi connectivity index (χ4v) is 3.30. The van der Waals surface area contributed by atoms with Crippen molar-refractivity contribution >= 4 is 0 Å². The van der Waals surface area contributed by atoms with Crippen LogP contribution in [0.25, 0.3) is 0 Å². The summed E-state index contributed by atoms with van der Waals surface area (Å²) in [4.78, 5) is 0. The van der Waals surface area contributed by atoms with Crippen molar-refractivity contribution in [2.24, 2.45) is 17.8 Å². The van der Waals surface area contributed by atoms with Gasteiger partial charge in [0.15, 0.2) is 12.4 Å². The normalized spacial score (nSPS) is 25.7. The van der Waals surface area contributed by atoms with E-state index < -0.39 is 0 Å². The lowest BCUT2D eigenvalue weighted by Crippen LogP contribution is -3.00. The number of halogens is 1. The molecule has 0 saturated heterocycles. The largest absolute Gasteiger partial charge is 1.00 e. The van der Waals surface area contributed by atoms with Gasteiger partial charge in [0.2, 0.25) is 0 Å². The summed E-state index contributed by atoms with van der Waals surface area (Å²) < 4.78 is 8.40. The molecule has 2 nitrogen and oxygen atoms in total. The Hall–Kier alpha value is -0.600. The summed E-state index contributed by atoms with van der Waals surface area (Å²) in [6, 6.07) is 4.37. The molecule has 1 heterocycles. The topological polar surface area (TPSA) is 13.1 Å². The van der Waals surface area contributed by atoms with Crippen molar-refractivity contribution in [2.45, 2.75) is 66.2 Å². The molecule has 0 aromatic carbocycles. The molecule has 0 aliphatic heterocycles. The Morgan fingerprint density at radius 2 is 1.90 bits per heavy atom. The third kappa shape index (κ3) is 5.27. The van der Waals surface area contributed by atoms with Crippen molar-refractivity contribution in [1.29, 1.82) is 0 Å². The molecular weight excluding hydrogens is 282 g/mol. The third-order valence-corrected chi connectivity index (χ3v) is 4.77. The summed E-state index contributed by atoms with van der Waals surface area (Å²) in [5, 5.41) is 0. The van der Waals surface area contributed by atoms with E-state index in [1.807, 2.05) is 0 Å². The highest BCUT2D eigenvalue weighted by Crippen LogP contribution is 2.35. The van der Waals surface area contributed by atoms with Crippen LogP contribution in [0.3, 0.4) is 0 Å². The fourth-order valence-electron chi connectivity index (χ4n) is 3.30. The maximum Gasteiger partial charge on any atom is 0.252 e. The average Bonchev–Trinajstić information content (AvgIpc) is 2.45. The molecular formula is C18H30ClNO. The Balaban J connectivity index is 0.00000220. The van der Waals surface area contributed by atoms with Crippen LogP contribution in [-0.2, 0) is 17.9 Å². The van der Waals surface area contributed by atoms with E-state index in [-0.39, 0.29) is 12.4 Å². The molecule has 0 radical (unpaired) electrons. The fraction of sp³-hybridized carbons (Fsp3) is 0.722. The zero-order chi connectivity index (χ0) is 14.5. The molecule has 0 N–H and O–H groups in total. The predicted molar refractivity (Wildman–Crippen MR) is 82.2 cm³/mol. The molecule has 120 valence electrons. The number of hydrogen-bond acceptors (Lipinski definition) is 1. The quantitative estimate of drug-likeness (QED) is 0.739. The Morgan fingerprint density at radius 1 is 1.24 bits per heavy atom. The minimum Gasteiger partial charge on any atom is -1.00 e. The smallest absolute Gasteiger partial charge is 0.252 e. The second-order valence-electron chi connectivity index (χ2n) is 6.73. The highest BCUT2D eigenvalue weighted by Gasteiger charge is 2.31. The average molecular weight is 312 g/mol. The second kappa shape index (κ2) is 8.75. The summed E-state index contributed by atoms with van der Waals surface area (Å²) in [5.74, 6) is 2.25. The van der Waals surface area contributed by atoms with Crippen molar-refractivity contribution < 1.29 is 21.7 Å². The first kappa shape index (κ1) is 18.4. The van der Waals surface area contributed by atoms with Gasteiger partial charge in [-0.25, -0.2) is 0 Å². The molecule has 3 atom stereocenters. The van der Waals surface area contributed by atoms with Gasteiger partial charge in [-0.2, -0.15) is 4.57 Å². The number of aryl methyl sites for hydroxylation is 1. The first-order chi connectivity index (χ1) is 9.60. The molecule has 0 spiro atoms. The summed E-state index contributed by atoms with van der Waals surface area (Å²) in [6.45, 7) is 9.90. The summed E-state index contributed by atoms with van der Waals surface area (Å²) in [6.07, 6.45) is 9.69. The van der Waals surface area contributed by atoms with E-state index in [2.05, 4.69) is 56.8 Å². The van der Waals surface area contributed by atoms with E-state index in [1.54, 1.807) is 0 Å². The summed E-state index contributed by atoms with van der Waals surface area (Å²) >= 11 is 0. The molecule has 1 aliphatic rings. The summed E-state index contributed by atoms with van der Waals surface area (Å²) in [7, 11) is 0. The van der Waals surface area contributed by atoms with Gasteiger partial charge in [-0.1, -0.05) is 34.1 Å². The highest BCUT2D eigenvalue weighted by molar-refractivity contribution is 5.06. The molecule has 1 saturated carbocycles. The van der Waals surface area contributed by atoms with Crippen LogP contribution in [-0.4, -0.2) is 6.10 Å². The number of rotatable bonds is 5. The van der Waals surface area contributed by atoms with Crippen molar-refractivity contribution in [3.05, 3.63) is 30.1 Å². The highest BCUT2D eigenvalue weighted by atomic mass is 35.5. The van der Waals surface area contributed by atoms with Crippen LogP contribution in [0.4, 0.5) is 0 Å². The predicted octanol–water partition coefficient (Wildman–Crippen LogP) is 0.975. The van der Waals surface area contributed by atoms with Crippen LogP contribution < -0.4 is 17.0 Å². The molecule has 1 aromatic heterocycles. The number of nitrogens with zero attached hydrogens (tertiary/aromatic N) is 1. The lowest BCUT2D eigenvalue weighted by molar-refractivity contribution is -0.735. The Kier molecular flexibility index (Phi) is 7.69. The molecule has 2 rings (SSSR count). The van der Waals surface area contributed by atoms with Crippen molar-refractivity contribution in [2.75, 3.05) is 0 Å². The standard InChI is InChI=1S/C18H30NO.ClH/c1-5-16-8-10-19(11-9-16)13-20-18-12-15(4)6-7-17(18)14(2)3;/h8-11,14-15,17-18H,5-7,12-13H2,1-4H3;1H/q+1;/p-1/t15-,17+,18-;/m1./s1. The van der Waals surface area contributed by atoms with Gasteiger partial charge in [-0.3, -0.25) is 0 Å². The number of ether oxygens (including phenoxy) is 1. The van der Waals surface area contributed by atoms with Gasteiger partial charge in [0, 0.05) is 12.1 Å². The first-order valence-corrected chi connectivity index (χ1v) is 8.19. The van der Waals surface area contributed by atoms with E-state index in [4.69, 9.17) is 4.74 Å². The van der Waals surface area contributed by atoms with Gasteiger partial charge < -0.3 is 17.1 Å². The number of hydrogen-bond donors (Lipinski definition) is 0. The van der Waals surface area contributed by atoms with Crippen molar-refractivity contribution in [3.8, 4) is 0 Å². The number of pyridine rings is 1. The van der Waals surface area contributed by atoms with Crippen LogP contribution in [0.15, 0.2) is 24.5 Å². The Labute approximate surface area is 136 Å². The van der Waals surface area contributed by atoms with Crippen molar-refractivity contribution in [3.63, 3.8) is 0 Å². The van der Waals surface area contributed by atoms with Crippen LogP contribution in [0.2, 0.25) is 0 Å². The molecule has 1 fully saturated rings. The SMILES string of the molecule is CCc1cc[n+](CO[C@@H]2C[C@H](C)CC[C@H]2C(C)C)cc1.[Cl-]. The zero-order valence-corrected chi connectivity index (χ0v) is 14.6. The minimum atomic E-state index is 0. The van der Waals surface area contributed by atoms with E-state index in [9.17, 15) is 0 Å². The van der Waals surface area contributed by atoms with Gasteiger partial charge in [-0.05, 0) is 42.6 Å². The van der Waals surface area contributed by atoms with E-state index in [0.717, 1.165) is 24.2 Å². The Morgan fingerprint density at radius 3 is 2.48 bits per heavy atom. The number of aromatic nitrogens is 1. The molecule has 0 unspecified atom stereocenters.